The second-order valence-corrected chi connectivity index (χ2v) is 2.92. The Morgan fingerprint density at radius 3 is 2.44 bits per heavy atom. The molecular formula is C7H7BrS. The third-order valence-electron chi connectivity index (χ3n) is 1.13. The summed E-state index contributed by atoms with van der Waals surface area (Å²) in [7, 11) is 0. The van der Waals surface area contributed by atoms with Crippen molar-refractivity contribution in [3.8, 4) is 0 Å². The minimum Gasteiger partial charge on any atom is -0.175 e. The van der Waals surface area contributed by atoms with E-state index in [1.165, 1.54) is 5.56 Å². The van der Waals surface area contributed by atoms with Gasteiger partial charge in [-0.2, -0.15) is 12.6 Å². The maximum atomic E-state index is 4.15. The van der Waals surface area contributed by atoms with E-state index in [0.717, 1.165) is 10.2 Å². The fourth-order valence-electron chi connectivity index (χ4n) is 0.627. The summed E-state index contributed by atoms with van der Waals surface area (Å²) in [6.45, 7) is 0. The third kappa shape index (κ3) is 1.73. The minimum atomic E-state index is 0.793. The molecule has 0 fully saturated rings. The van der Waals surface area contributed by atoms with Crippen molar-refractivity contribution < 1.29 is 0 Å². The van der Waals surface area contributed by atoms with E-state index < -0.39 is 0 Å². The Morgan fingerprint density at radius 2 is 2.00 bits per heavy atom. The Kier molecular flexibility index (Phi) is 2.61. The third-order valence-corrected chi connectivity index (χ3v) is 2.24. The molecule has 0 aromatic heterocycles. The van der Waals surface area contributed by atoms with Crippen LogP contribution in [0.15, 0.2) is 28.7 Å². The molecule has 48 valence electrons. The molecule has 0 unspecified atom stereocenters. The predicted octanol–water partition coefficient (Wildman–Crippen LogP) is 2.88. The summed E-state index contributed by atoms with van der Waals surface area (Å²) in [4.78, 5) is 0. The number of rotatable bonds is 1. The van der Waals surface area contributed by atoms with Crippen LogP contribution in [0.5, 0.6) is 0 Å². The maximum Gasteiger partial charge on any atom is 0.0215 e. The van der Waals surface area contributed by atoms with Gasteiger partial charge in [-0.1, -0.05) is 34.1 Å². The van der Waals surface area contributed by atoms with Gasteiger partial charge in [-0.05, 0) is 11.6 Å². The second-order valence-electron chi connectivity index (χ2n) is 1.75. The molecule has 9 heavy (non-hydrogen) atoms. The lowest BCUT2D eigenvalue weighted by Gasteiger charge is -1.96. The molecule has 0 saturated heterocycles. The van der Waals surface area contributed by atoms with Crippen molar-refractivity contribution in [3.63, 3.8) is 0 Å². The van der Waals surface area contributed by atoms with Crippen LogP contribution in [0.3, 0.4) is 0 Å². The molecule has 0 aliphatic rings. The van der Waals surface area contributed by atoms with Gasteiger partial charge >= 0.3 is 0 Å². The van der Waals surface area contributed by atoms with E-state index in [9.17, 15) is 0 Å². The summed E-state index contributed by atoms with van der Waals surface area (Å²) < 4.78 is 1.14. The van der Waals surface area contributed by atoms with Gasteiger partial charge in [-0.25, -0.2) is 0 Å². The molecule has 0 aliphatic heterocycles. The van der Waals surface area contributed by atoms with Crippen LogP contribution in [0.2, 0.25) is 0 Å². The van der Waals surface area contributed by atoms with Gasteiger partial charge in [0.1, 0.15) is 0 Å². The molecule has 1 aromatic rings. The molecule has 0 radical (unpaired) electrons. The molecule has 2 heteroatoms. The number of halogens is 1. The van der Waals surface area contributed by atoms with Crippen molar-refractivity contribution in [2.24, 2.45) is 0 Å². The normalized spacial score (nSPS) is 9.56. The van der Waals surface area contributed by atoms with Crippen molar-refractivity contribution in [1.29, 1.82) is 0 Å². The maximum absolute atomic E-state index is 4.15. The van der Waals surface area contributed by atoms with E-state index in [2.05, 4.69) is 34.6 Å². The SMILES string of the molecule is SCc1ccccc1Br. The first-order chi connectivity index (χ1) is 4.34. The molecule has 0 heterocycles. The zero-order valence-electron chi connectivity index (χ0n) is 4.84. The minimum absolute atomic E-state index is 0.793. The molecule has 0 bridgehead atoms. The van der Waals surface area contributed by atoms with E-state index >= 15 is 0 Å². The molecule has 0 aliphatic carbocycles. The summed E-state index contributed by atoms with van der Waals surface area (Å²) >= 11 is 7.56. The average Bonchev–Trinajstić information content (AvgIpc) is 1.89. The molecule has 0 nitrogen and oxygen atoms in total. The fourth-order valence-corrected chi connectivity index (χ4v) is 1.54. The number of hydrogen-bond acceptors (Lipinski definition) is 1. The Bertz CT molecular complexity index is 198. The smallest absolute Gasteiger partial charge is 0.0215 e. The molecule has 0 spiro atoms. The van der Waals surface area contributed by atoms with Crippen LogP contribution in [-0.4, -0.2) is 0 Å². The van der Waals surface area contributed by atoms with Gasteiger partial charge in [0, 0.05) is 10.2 Å². The van der Waals surface area contributed by atoms with Crippen LogP contribution in [0.1, 0.15) is 5.56 Å². The highest BCUT2D eigenvalue weighted by atomic mass is 79.9. The summed E-state index contributed by atoms with van der Waals surface area (Å²) in [5.41, 5.74) is 1.24. The highest BCUT2D eigenvalue weighted by Gasteiger charge is 1.91. The summed E-state index contributed by atoms with van der Waals surface area (Å²) in [5.74, 6) is 0.793. The molecule has 0 saturated carbocycles. The average molecular weight is 203 g/mol. The summed E-state index contributed by atoms with van der Waals surface area (Å²) in [6, 6.07) is 8.08. The molecular weight excluding hydrogens is 196 g/mol. The first-order valence-electron chi connectivity index (χ1n) is 2.69. The monoisotopic (exact) mass is 202 g/mol. The highest BCUT2D eigenvalue weighted by molar-refractivity contribution is 9.10. The van der Waals surface area contributed by atoms with Crippen LogP contribution < -0.4 is 0 Å². The zero-order valence-corrected chi connectivity index (χ0v) is 7.32. The predicted molar refractivity (Wildman–Crippen MR) is 46.8 cm³/mol. The van der Waals surface area contributed by atoms with Crippen LogP contribution in [0, 0.1) is 0 Å². The Labute approximate surface area is 68.8 Å². The largest absolute Gasteiger partial charge is 0.175 e. The van der Waals surface area contributed by atoms with Crippen LogP contribution in [0.4, 0.5) is 0 Å². The first kappa shape index (κ1) is 7.16. The van der Waals surface area contributed by atoms with Gasteiger partial charge in [-0.3, -0.25) is 0 Å². The van der Waals surface area contributed by atoms with Crippen molar-refractivity contribution in [1.82, 2.24) is 0 Å². The van der Waals surface area contributed by atoms with E-state index in [-0.39, 0.29) is 0 Å². The van der Waals surface area contributed by atoms with Crippen molar-refractivity contribution in [2.75, 3.05) is 0 Å². The number of benzene rings is 1. The molecule has 1 rings (SSSR count). The van der Waals surface area contributed by atoms with Crippen LogP contribution in [0.25, 0.3) is 0 Å². The van der Waals surface area contributed by atoms with E-state index in [4.69, 9.17) is 0 Å². The van der Waals surface area contributed by atoms with Gasteiger partial charge in [0.15, 0.2) is 0 Å². The van der Waals surface area contributed by atoms with Gasteiger partial charge in [0.25, 0.3) is 0 Å². The first-order valence-corrected chi connectivity index (χ1v) is 4.11. The lowest BCUT2D eigenvalue weighted by atomic mass is 10.2. The van der Waals surface area contributed by atoms with E-state index in [1.54, 1.807) is 0 Å². The van der Waals surface area contributed by atoms with E-state index in [1.807, 2.05) is 18.2 Å². The highest BCUT2D eigenvalue weighted by Crippen LogP contribution is 2.16. The summed E-state index contributed by atoms with van der Waals surface area (Å²) in [6.07, 6.45) is 0. The lowest BCUT2D eigenvalue weighted by molar-refractivity contribution is 1.39. The Hall–Kier alpha value is 0.0500. The van der Waals surface area contributed by atoms with Gasteiger partial charge in [0.2, 0.25) is 0 Å². The van der Waals surface area contributed by atoms with E-state index in [0.29, 0.717) is 0 Å². The molecule has 1 aromatic carbocycles. The van der Waals surface area contributed by atoms with Crippen LogP contribution in [-0.2, 0) is 5.75 Å². The Balaban J connectivity index is 3.01. The van der Waals surface area contributed by atoms with Gasteiger partial charge < -0.3 is 0 Å². The molecule has 0 atom stereocenters. The fraction of sp³-hybridized carbons (Fsp3) is 0.143. The molecule has 0 amide bonds. The quantitative estimate of drug-likeness (QED) is 0.666. The number of thiol groups is 1. The van der Waals surface area contributed by atoms with Gasteiger partial charge in [0.05, 0.1) is 0 Å². The Morgan fingerprint density at radius 1 is 1.33 bits per heavy atom. The van der Waals surface area contributed by atoms with Gasteiger partial charge in [-0.15, -0.1) is 0 Å². The van der Waals surface area contributed by atoms with Crippen molar-refractivity contribution in [3.05, 3.63) is 34.3 Å². The van der Waals surface area contributed by atoms with Crippen LogP contribution >= 0.6 is 28.6 Å². The number of hydrogen-bond donors (Lipinski definition) is 1. The van der Waals surface area contributed by atoms with Crippen molar-refractivity contribution in [2.45, 2.75) is 5.75 Å². The molecule has 0 N–H and O–H groups in total. The standard InChI is InChI=1S/C7H7BrS/c8-7-4-2-1-3-6(7)5-9/h1-4,9H,5H2. The topological polar surface area (TPSA) is 0 Å². The second kappa shape index (κ2) is 3.28. The lowest BCUT2D eigenvalue weighted by Crippen LogP contribution is -1.76. The zero-order chi connectivity index (χ0) is 6.69. The summed E-state index contributed by atoms with van der Waals surface area (Å²) in [5, 5.41) is 0. The van der Waals surface area contributed by atoms with Crippen molar-refractivity contribution >= 4 is 28.6 Å².